The van der Waals surface area contributed by atoms with Crippen molar-refractivity contribution in [1.82, 2.24) is 4.90 Å². The summed E-state index contributed by atoms with van der Waals surface area (Å²) in [6, 6.07) is 8.46. The molecule has 1 aromatic rings. The van der Waals surface area contributed by atoms with Gasteiger partial charge in [-0.15, -0.1) is 0 Å². The average molecular weight is 304 g/mol. The summed E-state index contributed by atoms with van der Waals surface area (Å²) >= 11 is 0. The van der Waals surface area contributed by atoms with E-state index >= 15 is 0 Å². The van der Waals surface area contributed by atoms with Gasteiger partial charge in [0, 0.05) is 13.1 Å². The average Bonchev–Trinajstić information content (AvgIpc) is 2.44. The molecule has 0 bridgehead atoms. The lowest BCUT2D eigenvalue weighted by molar-refractivity contribution is -0.149. The number of ether oxygens (including phenoxy) is 1. The molecule has 0 heterocycles. The Morgan fingerprint density at radius 2 is 1.86 bits per heavy atom. The Kier molecular flexibility index (Phi) is 5.74. The Balaban J connectivity index is 2.87. The van der Waals surface area contributed by atoms with Crippen molar-refractivity contribution in [2.75, 3.05) is 27.2 Å². The molecule has 0 saturated carbocycles. The molecule has 0 aliphatic heterocycles. The standard InChI is InChI=1S/C14H19F3N2O2/c1-19(9-8-14(15,16)17)10-13(18,12(20)21-2)11-6-4-3-5-7-11/h3-7H,8-10,18H2,1-2H3. The zero-order valence-corrected chi connectivity index (χ0v) is 12.0. The highest BCUT2D eigenvalue weighted by atomic mass is 19.4. The van der Waals surface area contributed by atoms with E-state index in [0.717, 1.165) is 0 Å². The molecule has 0 amide bonds. The Bertz CT molecular complexity index is 465. The maximum absolute atomic E-state index is 12.2. The normalized spacial score (nSPS) is 14.8. The highest BCUT2D eigenvalue weighted by Crippen LogP contribution is 2.23. The van der Waals surface area contributed by atoms with Gasteiger partial charge in [-0.3, -0.25) is 0 Å². The van der Waals surface area contributed by atoms with Crippen LogP contribution in [0.1, 0.15) is 12.0 Å². The third-order valence-corrected chi connectivity index (χ3v) is 3.13. The van der Waals surface area contributed by atoms with Crippen LogP contribution in [0.5, 0.6) is 0 Å². The Morgan fingerprint density at radius 1 is 1.29 bits per heavy atom. The summed E-state index contributed by atoms with van der Waals surface area (Å²) in [7, 11) is 2.68. The van der Waals surface area contributed by atoms with Gasteiger partial charge in [-0.2, -0.15) is 13.2 Å². The van der Waals surface area contributed by atoms with E-state index in [9.17, 15) is 18.0 Å². The van der Waals surface area contributed by atoms with Crippen molar-refractivity contribution in [3.8, 4) is 0 Å². The molecule has 0 aromatic heterocycles. The van der Waals surface area contributed by atoms with Crippen LogP contribution < -0.4 is 5.73 Å². The number of benzene rings is 1. The first-order valence-electron chi connectivity index (χ1n) is 6.37. The zero-order chi connectivity index (χ0) is 16.1. The number of rotatable bonds is 6. The quantitative estimate of drug-likeness (QED) is 0.816. The van der Waals surface area contributed by atoms with Crippen LogP contribution in [-0.2, 0) is 15.1 Å². The van der Waals surface area contributed by atoms with Gasteiger partial charge in [0.15, 0.2) is 5.54 Å². The van der Waals surface area contributed by atoms with Crippen molar-refractivity contribution in [3.63, 3.8) is 0 Å². The van der Waals surface area contributed by atoms with Crippen LogP contribution in [0.4, 0.5) is 13.2 Å². The van der Waals surface area contributed by atoms with Gasteiger partial charge >= 0.3 is 12.1 Å². The maximum Gasteiger partial charge on any atom is 0.390 e. The molecule has 118 valence electrons. The number of nitrogens with two attached hydrogens (primary N) is 1. The molecular formula is C14H19F3N2O2. The summed E-state index contributed by atoms with van der Waals surface area (Å²) in [5.41, 5.74) is 5.11. The van der Waals surface area contributed by atoms with E-state index in [1.54, 1.807) is 30.3 Å². The Labute approximate surface area is 121 Å². The first-order chi connectivity index (χ1) is 9.69. The number of carbonyl (C=O) groups excluding carboxylic acids is 1. The lowest BCUT2D eigenvalue weighted by Gasteiger charge is -2.31. The number of hydrogen-bond donors (Lipinski definition) is 1. The summed E-state index contributed by atoms with van der Waals surface area (Å²) in [5.74, 6) is -0.687. The van der Waals surface area contributed by atoms with E-state index in [1.165, 1.54) is 19.1 Å². The fourth-order valence-electron chi connectivity index (χ4n) is 2.01. The van der Waals surface area contributed by atoms with Gasteiger partial charge in [-0.25, -0.2) is 4.79 Å². The van der Waals surface area contributed by atoms with Crippen LogP contribution in [-0.4, -0.2) is 44.3 Å². The monoisotopic (exact) mass is 304 g/mol. The third-order valence-electron chi connectivity index (χ3n) is 3.13. The predicted octanol–water partition coefficient (Wildman–Crippen LogP) is 1.90. The lowest BCUT2D eigenvalue weighted by Crippen LogP contribution is -2.53. The van der Waals surface area contributed by atoms with Gasteiger partial charge in [-0.1, -0.05) is 30.3 Å². The van der Waals surface area contributed by atoms with Gasteiger partial charge in [0.2, 0.25) is 0 Å². The molecule has 0 aliphatic rings. The summed E-state index contributed by atoms with van der Waals surface area (Å²) < 4.78 is 41.4. The number of carbonyl (C=O) groups is 1. The van der Waals surface area contributed by atoms with E-state index in [4.69, 9.17) is 10.5 Å². The number of esters is 1. The number of nitrogens with zero attached hydrogens (tertiary/aromatic N) is 1. The molecule has 1 unspecified atom stereocenters. The fourth-order valence-corrected chi connectivity index (χ4v) is 2.01. The lowest BCUT2D eigenvalue weighted by atomic mass is 9.90. The molecular weight excluding hydrogens is 285 g/mol. The second-order valence-corrected chi connectivity index (χ2v) is 4.93. The second kappa shape index (κ2) is 6.91. The summed E-state index contributed by atoms with van der Waals surface area (Å²) in [5, 5.41) is 0. The van der Waals surface area contributed by atoms with Crippen molar-refractivity contribution in [2.45, 2.75) is 18.1 Å². The number of halogens is 3. The van der Waals surface area contributed by atoms with Gasteiger partial charge < -0.3 is 15.4 Å². The number of alkyl halides is 3. The SMILES string of the molecule is COC(=O)C(N)(CN(C)CCC(F)(F)F)c1ccccc1. The molecule has 21 heavy (non-hydrogen) atoms. The minimum Gasteiger partial charge on any atom is -0.467 e. The molecule has 4 nitrogen and oxygen atoms in total. The first kappa shape index (κ1) is 17.5. The van der Waals surface area contributed by atoms with E-state index < -0.39 is 24.1 Å². The number of methoxy groups -OCH3 is 1. The van der Waals surface area contributed by atoms with Crippen molar-refractivity contribution in [3.05, 3.63) is 35.9 Å². The molecule has 0 fully saturated rings. The van der Waals surface area contributed by atoms with Crippen LogP contribution >= 0.6 is 0 Å². The van der Waals surface area contributed by atoms with E-state index in [-0.39, 0.29) is 13.1 Å². The van der Waals surface area contributed by atoms with Crippen LogP contribution in [0.2, 0.25) is 0 Å². The number of likely N-dealkylation sites (N-methyl/N-ethyl adjacent to an activating group) is 1. The molecule has 0 aliphatic carbocycles. The van der Waals surface area contributed by atoms with Crippen molar-refractivity contribution < 1.29 is 22.7 Å². The second-order valence-electron chi connectivity index (χ2n) is 4.93. The highest BCUT2D eigenvalue weighted by Gasteiger charge is 2.39. The molecule has 0 radical (unpaired) electrons. The summed E-state index contributed by atoms with van der Waals surface area (Å²) in [6.07, 6.45) is -5.21. The van der Waals surface area contributed by atoms with Crippen molar-refractivity contribution in [2.24, 2.45) is 5.73 Å². The Hall–Kier alpha value is -1.60. The van der Waals surface area contributed by atoms with Gasteiger partial charge in [-0.05, 0) is 12.6 Å². The largest absolute Gasteiger partial charge is 0.467 e. The molecule has 1 aromatic carbocycles. The highest BCUT2D eigenvalue weighted by molar-refractivity contribution is 5.82. The van der Waals surface area contributed by atoms with E-state index in [1.807, 2.05) is 0 Å². The van der Waals surface area contributed by atoms with Crippen molar-refractivity contribution in [1.29, 1.82) is 0 Å². The third kappa shape index (κ3) is 5.02. The smallest absolute Gasteiger partial charge is 0.390 e. The van der Waals surface area contributed by atoms with Crippen molar-refractivity contribution >= 4 is 5.97 Å². The molecule has 0 spiro atoms. The maximum atomic E-state index is 12.2. The van der Waals surface area contributed by atoms with Crippen LogP contribution in [0.3, 0.4) is 0 Å². The molecule has 0 saturated heterocycles. The van der Waals surface area contributed by atoms with Crippen LogP contribution in [0.15, 0.2) is 30.3 Å². The first-order valence-corrected chi connectivity index (χ1v) is 6.37. The zero-order valence-electron chi connectivity index (χ0n) is 12.0. The van der Waals surface area contributed by atoms with Gasteiger partial charge in [0.05, 0.1) is 13.5 Å². The van der Waals surface area contributed by atoms with Gasteiger partial charge in [0.1, 0.15) is 0 Å². The molecule has 7 heteroatoms. The molecule has 1 rings (SSSR count). The van der Waals surface area contributed by atoms with Crippen LogP contribution in [0.25, 0.3) is 0 Å². The topological polar surface area (TPSA) is 55.6 Å². The predicted molar refractivity (Wildman–Crippen MR) is 72.5 cm³/mol. The van der Waals surface area contributed by atoms with E-state index in [2.05, 4.69) is 0 Å². The van der Waals surface area contributed by atoms with Gasteiger partial charge in [0.25, 0.3) is 0 Å². The minimum absolute atomic E-state index is 0.0697. The number of hydrogen-bond acceptors (Lipinski definition) is 4. The summed E-state index contributed by atoms with van der Waals surface area (Å²) in [4.78, 5) is 13.3. The molecule has 1 atom stereocenters. The Morgan fingerprint density at radius 3 is 2.33 bits per heavy atom. The minimum atomic E-state index is -4.25. The summed E-state index contributed by atoms with van der Waals surface area (Å²) in [6.45, 7) is -0.313. The van der Waals surface area contributed by atoms with E-state index in [0.29, 0.717) is 5.56 Å². The fraction of sp³-hybridized carbons (Fsp3) is 0.500. The van der Waals surface area contributed by atoms with Crippen LogP contribution in [0, 0.1) is 0 Å². The molecule has 2 N–H and O–H groups in total.